The van der Waals surface area contributed by atoms with Gasteiger partial charge in [0.05, 0.1) is 12.2 Å². The molecular formula is C17H26O6. The fourth-order valence-corrected chi connectivity index (χ4v) is 2.54. The molecule has 4 atom stereocenters. The minimum absolute atomic E-state index is 0.116. The van der Waals surface area contributed by atoms with Gasteiger partial charge in [0, 0.05) is 0 Å². The van der Waals surface area contributed by atoms with Gasteiger partial charge in [-0.15, -0.1) is 0 Å². The predicted octanol–water partition coefficient (Wildman–Crippen LogP) is 0.404. The Morgan fingerprint density at radius 2 is 1.61 bits per heavy atom. The van der Waals surface area contributed by atoms with Crippen LogP contribution in [0, 0.1) is 0 Å². The molecule has 0 aromatic heterocycles. The number of aliphatic hydroxyl groups excluding tert-OH is 4. The standard InChI is InChI=1S/C17H26O6/c1-3-17(4-2,23-11-12-8-6-5-7-9-12)16(22)15(21)14(20)13(19)10-18/h5-10,13-16,19-22H,3-4,11H2,1-2H3/t13-,14+,15+,16-/m0/s1. The van der Waals surface area contributed by atoms with E-state index in [1.807, 2.05) is 30.3 Å². The number of ether oxygens (including phenoxy) is 1. The highest BCUT2D eigenvalue weighted by Crippen LogP contribution is 2.29. The quantitative estimate of drug-likeness (QED) is 0.464. The molecule has 1 aromatic carbocycles. The molecule has 1 rings (SSSR count). The minimum atomic E-state index is -1.78. The van der Waals surface area contributed by atoms with Crippen LogP contribution in [0.25, 0.3) is 0 Å². The lowest BCUT2D eigenvalue weighted by Gasteiger charge is -2.40. The zero-order valence-electron chi connectivity index (χ0n) is 13.5. The molecule has 0 aliphatic heterocycles. The summed E-state index contributed by atoms with van der Waals surface area (Å²) < 4.78 is 5.87. The fraction of sp³-hybridized carbons (Fsp3) is 0.588. The highest BCUT2D eigenvalue weighted by atomic mass is 16.5. The van der Waals surface area contributed by atoms with Crippen molar-refractivity contribution in [3.05, 3.63) is 35.9 Å². The van der Waals surface area contributed by atoms with Crippen LogP contribution < -0.4 is 0 Å². The number of carbonyl (C=O) groups is 1. The average Bonchev–Trinajstić information content (AvgIpc) is 2.61. The Balaban J connectivity index is 2.87. The zero-order chi connectivity index (χ0) is 17.5. The summed E-state index contributed by atoms with van der Waals surface area (Å²) in [6.07, 6.45) is -5.81. The van der Waals surface area contributed by atoms with E-state index < -0.39 is 30.0 Å². The number of hydrogen-bond acceptors (Lipinski definition) is 6. The normalized spacial score (nSPS) is 17.3. The summed E-state index contributed by atoms with van der Waals surface area (Å²) in [4.78, 5) is 10.5. The lowest BCUT2D eigenvalue weighted by molar-refractivity contribution is -0.195. The largest absolute Gasteiger partial charge is 0.387 e. The number of aliphatic hydroxyl groups is 4. The van der Waals surface area contributed by atoms with Crippen LogP contribution in [0.4, 0.5) is 0 Å². The predicted molar refractivity (Wildman–Crippen MR) is 84.6 cm³/mol. The van der Waals surface area contributed by atoms with Crippen molar-refractivity contribution < 1.29 is 30.0 Å². The summed E-state index contributed by atoms with van der Waals surface area (Å²) in [5.41, 5.74) is -0.187. The van der Waals surface area contributed by atoms with Crippen molar-refractivity contribution in [2.45, 2.75) is 63.3 Å². The second-order valence-corrected chi connectivity index (χ2v) is 5.60. The lowest BCUT2D eigenvalue weighted by atomic mass is 9.84. The van der Waals surface area contributed by atoms with Crippen molar-refractivity contribution in [1.29, 1.82) is 0 Å². The van der Waals surface area contributed by atoms with Crippen LogP contribution in [0.15, 0.2) is 30.3 Å². The van der Waals surface area contributed by atoms with E-state index in [1.165, 1.54) is 0 Å². The average molecular weight is 326 g/mol. The van der Waals surface area contributed by atoms with Gasteiger partial charge in [-0.3, -0.25) is 0 Å². The maximum atomic E-state index is 10.5. The highest BCUT2D eigenvalue weighted by Gasteiger charge is 2.44. The molecule has 23 heavy (non-hydrogen) atoms. The van der Waals surface area contributed by atoms with E-state index in [0.29, 0.717) is 12.8 Å². The first-order valence-electron chi connectivity index (χ1n) is 7.77. The van der Waals surface area contributed by atoms with Gasteiger partial charge in [0.2, 0.25) is 0 Å². The van der Waals surface area contributed by atoms with E-state index in [-0.39, 0.29) is 12.9 Å². The van der Waals surface area contributed by atoms with Crippen LogP contribution in [-0.2, 0) is 16.1 Å². The summed E-state index contributed by atoms with van der Waals surface area (Å²) in [6, 6.07) is 9.38. The van der Waals surface area contributed by atoms with Crippen LogP contribution in [0.2, 0.25) is 0 Å². The molecule has 0 unspecified atom stereocenters. The molecule has 0 radical (unpaired) electrons. The van der Waals surface area contributed by atoms with E-state index in [9.17, 15) is 25.2 Å². The molecule has 0 saturated carbocycles. The minimum Gasteiger partial charge on any atom is -0.387 e. The number of carbonyl (C=O) groups excluding carboxylic acids is 1. The molecule has 0 saturated heterocycles. The first-order valence-corrected chi connectivity index (χ1v) is 7.77. The number of benzene rings is 1. The van der Waals surface area contributed by atoms with Crippen molar-refractivity contribution in [2.24, 2.45) is 0 Å². The number of rotatable bonds is 10. The smallest absolute Gasteiger partial charge is 0.151 e. The van der Waals surface area contributed by atoms with Gasteiger partial charge >= 0.3 is 0 Å². The lowest BCUT2D eigenvalue weighted by Crippen LogP contribution is -2.56. The molecule has 0 fully saturated rings. The Hall–Kier alpha value is -1.31. The van der Waals surface area contributed by atoms with Crippen LogP contribution in [0.3, 0.4) is 0 Å². The second kappa shape index (κ2) is 9.10. The summed E-state index contributed by atoms with van der Waals surface area (Å²) in [5, 5.41) is 39.6. The van der Waals surface area contributed by atoms with Crippen molar-refractivity contribution in [3.8, 4) is 0 Å². The maximum Gasteiger partial charge on any atom is 0.151 e. The Labute approximate surface area is 136 Å². The van der Waals surface area contributed by atoms with Gasteiger partial charge in [-0.05, 0) is 18.4 Å². The van der Waals surface area contributed by atoms with Crippen LogP contribution in [0.1, 0.15) is 32.3 Å². The summed E-state index contributed by atoms with van der Waals surface area (Å²) >= 11 is 0. The Kier molecular flexibility index (Phi) is 7.81. The molecule has 0 amide bonds. The molecule has 130 valence electrons. The van der Waals surface area contributed by atoms with E-state index in [4.69, 9.17) is 4.74 Å². The topological polar surface area (TPSA) is 107 Å². The van der Waals surface area contributed by atoms with Gasteiger partial charge in [0.1, 0.15) is 24.4 Å². The molecule has 0 heterocycles. The Bertz CT molecular complexity index is 459. The fourth-order valence-electron chi connectivity index (χ4n) is 2.54. The maximum absolute atomic E-state index is 10.5. The van der Waals surface area contributed by atoms with E-state index in [2.05, 4.69) is 0 Å². The van der Waals surface area contributed by atoms with Crippen molar-refractivity contribution in [2.75, 3.05) is 0 Å². The van der Waals surface area contributed by atoms with Gasteiger partial charge in [0.15, 0.2) is 6.29 Å². The van der Waals surface area contributed by atoms with Crippen molar-refractivity contribution in [3.63, 3.8) is 0 Å². The molecular weight excluding hydrogens is 300 g/mol. The summed E-state index contributed by atoms with van der Waals surface area (Å²) in [5.74, 6) is 0. The monoisotopic (exact) mass is 326 g/mol. The van der Waals surface area contributed by atoms with Gasteiger partial charge in [0.25, 0.3) is 0 Å². The van der Waals surface area contributed by atoms with Gasteiger partial charge in [-0.25, -0.2) is 0 Å². The molecule has 4 N–H and O–H groups in total. The summed E-state index contributed by atoms with van der Waals surface area (Å²) in [7, 11) is 0. The molecule has 0 spiro atoms. The Morgan fingerprint density at radius 3 is 2.09 bits per heavy atom. The van der Waals surface area contributed by atoms with Crippen LogP contribution in [-0.4, -0.2) is 56.7 Å². The van der Waals surface area contributed by atoms with E-state index in [1.54, 1.807) is 13.8 Å². The third-order valence-corrected chi connectivity index (χ3v) is 4.27. The van der Waals surface area contributed by atoms with Crippen molar-refractivity contribution >= 4 is 6.29 Å². The number of aldehydes is 1. The Morgan fingerprint density at radius 1 is 1.04 bits per heavy atom. The van der Waals surface area contributed by atoms with Crippen LogP contribution >= 0.6 is 0 Å². The van der Waals surface area contributed by atoms with Crippen molar-refractivity contribution in [1.82, 2.24) is 0 Å². The molecule has 0 aliphatic carbocycles. The number of hydrogen-bond donors (Lipinski definition) is 4. The highest BCUT2D eigenvalue weighted by molar-refractivity contribution is 5.56. The third kappa shape index (κ3) is 4.83. The van der Waals surface area contributed by atoms with Gasteiger partial charge < -0.3 is 30.0 Å². The van der Waals surface area contributed by atoms with Crippen LogP contribution in [0.5, 0.6) is 0 Å². The third-order valence-electron chi connectivity index (χ3n) is 4.27. The molecule has 1 aromatic rings. The zero-order valence-corrected chi connectivity index (χ0v) is 13.5. The SMILES string of the molecule is CCC(CC)(OCc1ccccc1)[C@@H](O)[C@H](O)[C@H](O)[C@@H](O)C=O. The molecule has 0 bridgehead atoms. The second-order valence-electron chi connectivity index (χ2n) is 5.60. The van der Waals surface area contributed by atoms with E-state index >= 15 is 0 Å². The molecule has 0 aliphatic rings. The molecule has 6 heteroatoms. The molecule has 6 nitrogen and oxygen atoms in total. The van der Waals surface area contributed by atoms with Gasteiger partial charge in [-0.2, -0.15) is 0 Å². The summed E-state index contributed by atoms with van der Waals surface area (Å²) in [6.45, 7) is 3.83. The van der Waals surface area contributed by atoms with E-state index in [0.717, 1.165) is 5.56 Å². The first-order chi connectivity index (χ1) is 10.9. The first kappa shape index (κ1) is 19.7. The van der Waals surface area contributed by atoms with Gasteiger partial charge in [-0.1, -0.05) is 44.2 Å².